The standard InChI is InChI=1S/C16H13F3N2O5S/c17-16(18,19)12-5-3-11(4-6-12)15(24)20-21-27(25,26)13-7-1-10(2-8-13)9-14(22)23/h1-8,21H,9H2,(H,20,24)(H,22,23). The molecular formula is C16H13F3N2O5S. The zero-order chi connectivity index (χ0) is 20.2. The molecule has 0 aromatic heterocycles. The number of amides is 1. The van der Waals surface area contributed by atoms with Gasteiger partial charge in [0.15, 0.2) is 0 Å². The molecule has 0 spiro atoms. The van der Waals surface area contributed by atoms with E-state index in [0.717, 1.165) is 24.3 Å². The van der Waals surface area contributed by atoms with Crippen LogP contribution in [0.5, 0.6) is 0 Å². The molecule has 0 heterocycles. The van der Waals surface area contributed by atoms with E-state index in [9.17, 15) is 31.2 Å². The van der Waals surface area contributed by atoms with Crippen molar-refractivity contribution in [3.63, 3.8) is 0 Å². The number of carbonyl (C=O) groups is 2. The van der Waals surface area contributed by atoms with Crippen molar-refractivity contribution in [2.45, 2.75) is 17.5 Å². The summed E-state index contributed by atoms with van der Waals surface area (Å²) in [6.45, 7) is 0. The smallest absolute Gasteiger partial charge is 0.416 e. The lowest BCUT2D eigenvalue weighted by molar-refractivity contribution is -0.138. The summed E-state index contributed by atoms with van der Waals surface area (Å²) in [7, 11) is -4.15. The van der Waals surface area contributed by atoms with Crippen LogP contribution in [0.1, 0.15) is 21.5 Å². The number of carboxylic acid groups (broad SMARTS) is 1. The van der Waals surface area contributed by atoms with Gasteiger partial charge in [0.25, 0.3) is 15.9 Å². The first kappa shape index (κ1) is 20.4. The first-order valence-corrected chi connectivity index (χ1v) is 8.77. The highest BCUT2D eigenvalue weighted by Crippen LogP contribution is 2.29. The molecule has 2 aromatic rings. The van der Waals surface area contributed by atoms with Gasteiger partial charge in [-0.15, -0.1) is 4.83 Å². The summed E-state index contributed by atoms with van der Waals surface area (Å²) in [5, 5.41) is 8.67. The number of alkyl halides is 3. The zero-order valence-corrected chi connectivity index (χ0v) is 14.3. The van der Waals surface area contributed by atoms with E-state index in [2.05, 4.69) is 0 Å². The van der Waals surface area contributed by atoms with Gasteiger partial charge >= 0.3 is 12.1 Å². The van der Waals surface area contributed by atoms with Crippen LogP contribution in [0.4, 0.5) is 13.2 Å². The van der Waals surface area contributed by atoms with Crippen molar-refractivity contribution in [3.05, 3.63) is 65.2 Å². The van der Waals surface area contributed by atoms with Crippen LogP contribution in [-0.2, 0) is 27.4 Å². The summed E-state index contributed by atoms with van der Waals surface area (Å²) in [6.07, 6.45) is -4.83. The Morgan fingerprint density at radius 1 is 0.963 bits per heavy atom. The van der Waals surface area contributed by atoms with Gasteiger partial charge < -0.3 is 5.11 Å². The quantitative estimate of drug-likeness (QED) is 0.640. The van der Waals surface area contributed by atoms with Crippen LogP contribution in [0.3, 0.4) is 0 Å². The highest BCUT2D eigenvalue weighted by atomic mass is 32.2. The normalized spacial score (nSPS) is 11.8. The molecule has 0 bridgehead atoms. The summed E-state index contributed by atoms with van der Waals surface area (Å²) < 4.78 is 61.7. The van der Waals surface area contributed by atoms with E-state index in [1.54, 1.807) is 0 Å². The zero-order valence-electron chi connectivity index (χ0n) is 13.4. The molecule has 0 atom stereocenters. The fourth-order valence-corrected chi connectivity index (χ4v) is 2.86. The number of hydrogen-bond donors (Lipinski definition) is 3. The number of rotatable bonds is 6. The van der Waals surface area contributed by atoms with Gasteiger partial charge in [0.1, 0.15) is 0 Å². The first-order chi connectivity index (χ1) is 12.5. The number of carboxylic acids is 1. The van der Waals surface area contributed by atoms with Crippen LogP contribution in [0, 0.1) is 0 Å². The lowest BCUT2D eigenvalue weighted by Crippen LogP contribution is -2.41. The van der Waals surface area contributed by atoms with Gasteiger partial charge in [0.05, 0.1) is 16.9 Å². The van der Waals surface area contributed by atoms with E-state index in [4.69, 9.17) is 5.11 Å². The number of carbonyl (C=O) groups excluding carboxylic acids is 1. The van der Waals surface area contributed by atoms with Crippen LogP contribution < -0.4 is 10.3 Å². The van der Waals surface area contributed by atoms with Crippen molar-refractivity contribution in [1.29, 1.82) is 0 Å². The molecule has 0 saturated carbocycles. The van der Waals surface area contributed by atoms with Crippen molar-refractivity contribution in [1.82, 2.24) is 10.3 Å². The van der Waals surface area contributed by atoms with E-state index in [-0.39, 0.29) is 16.9 Å². The average Bonchev–Trinajstić information content (AvgIpc) is 2.59. The minimum absolute atomic E-state index is 0.178. The third-order valence-electron chi connectivity index (χ3n) is 3.36. The van der Waals surface area contributed by atoms with Gasteiger partial charge in [-0.1, -0.05) is 12.1 Å². The Kier molecular flexibility index (Phi) is 5.86. The Balaban J connectivity index is 2.03. The molecule has 0 saturated heterocycles. The fraction of sp³-hybridized carbons (Fsp3) is 0.125. The largest absolute Gasteiger partial charge is 0.481 e. The Hall–Kier alpha value is -2.92. The lowest BCUT2D eigenvalue weighted by atomic mass is 10.1. The molecule has 0 aliphatic rings. The average molecular weight is 402 g/mol. The summed E-state index contributed by atoms with van der Waals surface area (Å²) >= 11 is 0. The van der Waals surface area contributed by atoms with Gasteiger partial charge in [0, 0.05) is 5.56 Å². The lowest BCUT2D eigenvalue weighted by Gasteiger charge is -2.10. The van der Waals surface area contributed by atoms with Crippen molar-refractivity contribution in [3.8, 4) is 0 Å². The van der Waals surface area contributed by atoms with Crippen LogP contribution >= 0.6 is 0 Å². The molecule has 0 radical (unpaired) electrons. The molecule has 3 N–H and O–H groups in total. The highest BCUT2D eigenvalue weighted by molar-refractivity contribution is 7.89. The summed E-state index contributed by atoms with van der Waals surface area (Å²) in [4.78, 5) is 24.1. The number of hydrazine groups is 1. The van der Waals surface area contributed by atoms with Crippen molar-refractivity contribution in [2.24, 2.45) is 0 Å². The predicted molar refractivity (Wildman–Crippen MR) is 87.0 cm³/mol. The molecule has 0 aliphatic heterocycles. The van der Waals surface area contributed by atoms with Crippen LogP contribution in [0.2, 0.25) is 0 Å². The highest BCUT2D eigenvalue weighted by Gasteiger charge is 2.30. The van der Waals surface area contributed by atoms with E-state index < -0.39 is 33.6 Å². The Morgan fingerprint density at radius 3 is 2.00 bits per heavy atom. The third kappa shape index (κ3) is 5.53. The second-order valence-corrected chi connectivity index (χ2v) is 7.03. The van der Waals surface area contributed by atoms with Gasteiger partial charge in [0.2, 0.25) is 0 Å². The third-order valence-corrected chi connectivity index (χ3v) is 4.63. The molecule has 7 nitrogen and oxygen atoms in total. The first-order valence-electron chi connectivity index (χ1n) is 7.29. The van der Waals surface area contributed by atoms with E-state index >= 15 is 0 Å². The molecule has 2 rings (SSSR count). The monoisotopic (exact) mass is 402 g/mol. The molecule has 11 heteroatoms. The topological polar surface area (TPSA) is 113 Å². The number of hydrogen-bond acceptors (Lipinski definition) is 4. The van der Waals surface area contributed by atoms with Crippen LogP contribution in [0.25, 0.3) is 0 Å². The maximum absolute atomic E-state index is 12.5. The maximum Gasteiger partial charge on any atom is 0.416 e. The number of sulfonamides is 1. The maximum atomic E-state index is 12.5. The molecule has 0 aliphatic carbocycles. The van der Waals surface area contributed by atoms with Gasteiger partial charge in [-0.25, -0.2) is 8.42 Å². The molecule has 1 amide bonds. The number of benzene rings is 2. The minimum atomic E-state index is -4.55. The molecular weight excluding hydrogens is 389 g/mol. The fourth-order valence-electron chi connectivity index (χ4n) is 2.02. The summed E-state index contributed by atoms with van der Waals surface area (Å²) in [5.41, 5.74) is 1.15. The Morgan fingerprint density at radius 2 is 1.52 bits per heavy atom. The van der Waals surface area contributed by atoms with E-state index in [1.165, 1.54) is 12.1 Å². The van der Waals surface area contributed by atoms with E-state index in [1.807, 2.05) is 10.3 Å². The van der Waals surface area contributed by atoms with Crippen LogP contribution in [-0.4, -0.2) is 25.4 Å². The molecule has 0 unspecified atom stereocenters. The van der Waals surface area contributed by atoms with Gasteiger partial charge in [-0.3, -0.25) is 15.0 Å². The Bertz CT molecular complexity index is 940. The van der Waals surface area contributed by atoms with E-state index in [0.29, 0.717) is 17.7 Å². The Labute approximate surface area is 151 Å². The SMILES string of the molecule is O=C(O)Cc1ccc(S(=O)(=O)NNC(=O)c2ccc(C(F)(F)F)cc2)cc1. The predicted octanol–water partition coefficient (Wildman–Crippen LogP) is 1.96. The number of aliphatic carboxylic acids is 1. The van der Waals surface area contributed by atoms with Gasteiger partial charge in [-0.05, 0) is 42.0 Å². The molecule has 2 aromatic carbocycles. The number of halogens is 3. The van der Waals surface area contributed by atoms with Crippen LogP contribution in [0.15, 0.2) is 53.4 Å². The van der Waals surface area contributed by atoms with Crippen molar-refractivity contribution >= 4 is 21.9 Å². The number of nitrogens with one attached hydrogen (secondary N) is 2. The summed E-state index contributed by atoms with van der Waals surface area (Å²) in [6, 6.07) is 8.14. The molecule has 27 heavy (non-hydrogen) atoms. The second kappa shape index (κ2) is 7.76. The van der Waals surface area contributed by atoms with Crippen molar-refractivity contribution < 1.29 is 36.3 Å². The molecule has 144 valence electrons. The van der Waals surface area contributed by atoms with Gasteiger partial charge in [-0.2, -0.15) is 13.2 Å². The van der Waals surface area contributed by atoms with Crippen molar-refractivity contribution in [2.75, 3.05) is 0 Å². The molecule has 0 fully saturated rings. The second-order valence-electron chi connectivity index (χ2n) is 5.35. The minimum Gasteiger partial charge on any atom is -0.481 e. The summed E-state index contributed by atoms with van der Waals surface area (Å²) in [5.74, 6) is -2.03.